The SMILES string of the molecule is COc1cccc(OC)c1C(=O)Nc1ccc(N2CCN(C(=O)c3ccc(C(C)(C)C)cc3)CC2)cc1. The molecular formula is C30H35N3O4. The number of ether oxygens (including phenoxy) is 2. The zero-order valence-corrected chi connectivity index (χ0v) is 22.2. The lowest BCUT2D eigenvalue weighted by Gasteiger charge is -2.36. The van der Waals surface area contributed by atoms with Crippen LogP contribution < -0.4 is 19.7 Å². The van der Waals surface area contributed by atoms with Gasteiger partial charge in [-0.3, -0.25) is 9.59 Å². The normalized spacial score (nSPS) is 13.8. The van der Waals surface area contributed by atoms with Gasteiger partial charge in [0.15, 0.2) is 0 Å². The maximum absolute atomic E-state index is 13.0. The van der Waals surface area contributed by atoms with Crippen LogP contribution >= 0.6 is 0 Å². The third-order valence-corrected chi connectivity index (χ3v) is 6.71. The molecule has 1 fully saturated rings. The third kappa shape index (κ3) is 5.88. The molecule has 1 heterocycles. The van der Waals surface area contributed by atoms with E-state index < -0.39 is 0 Å². The average Bonchev–Trinajstić information content (AvgIpc) is 2.92. The van der Waals surface area contributed by atoms with Gasteiger partial charge in [0.05, 0.1) is 14.2 Å². The Kier molecular flexibility index (Phi) is 7.71. The lowest BCUT2D eigenvalue weighted by molar-refractivity contribution is 0.0746. The van der Waals surface area contributed by atoms with Crippen molar-refractivity contribution in [3.63, 3.8) is 0 Å². The smallest absolute Gasteiger partial charge is 0.263 e. The van der Waals surface area contributed by atoms with Crippen molar-refractivity contribution in [2.45, 2.75) is 26.2 Å². The lowest BCUT2D eigenvalue weighted by atomic mass is 9.86. The standard InChI is InChI=1S/C30H35N3O4/c1-30(2,3)22-11-9-21(10-12-22)29(35)33-19-17-32(18-20-33)24-15-13-23(14-16-24)31-28(34)27-25(36-4)7-6-8-26(27)37-5/h6-16H,17-20H2,1-5H3,(H,31,34). The molecule has 0 aromatic heterocycles. The van der Waals surface area contributed by atoms with Crippen molar-refractivity contribution >= 4 is 23.2 Å². The van der Waals surface area contributed by atoms with Gasteiger partial charge < -0.3 is 24.6 Å². The summed E-state index contributed by atoms with van der Waals surface area (Å²) in [5.41, 5.74) is 4.09. The number of rotatable bonds is 6. The van der Waals surface area contributed by atoms with Crippen LogP contribution in [0.3, 0.4) is 0 Å². The second kappa shape index (κ2) is 10.9. The first-order valence-electron chi connectivity index (χ1n) is 12.5. The highest BCUT2D eigenvalue weighted by Crippen LogP contribution is 2.29. The molecule has 1 aliphatic heterocycles. The predicted octanol–water partition coefficient (Wildman–Crippen LogP) is 5.22. The van der Waals surface area contributed by atoms with Gasteiger partial charge in [-0.2, -0.15) is 0 Å². The first kappa shape index (κ1) is 26.1. The van der Waals surface area contributed by atoms with Crippen molar-refractivity contribution in [1.82, 2.24) is 4.90 Å². The van der Waals surface area contributed by atoms with Crippen molar-refractivity contribution in [2.75, 3.05) is 50.6 Å². The highest BCUT2D eigenvalue weighted by molar-refractivity contribution is 6.08. The molecule has 1 aliphatic rings. The number of carbonyl (C=O) groups excluding carboxylic acids is 2. The van der Waals surface area contributed by atoms with Crippen molar-refractivity contribution < 1.29 is 19.1 Å². The molecule has 4 rings (SSSR count). The van der Waals surface area contributed by atoms with E-state index in [2.05, 4.69) is 31.0 Å². The highest BCUT2D eigenvalue weighted by atomic mass is 16.5. The minimum absolute atomic E-state index is 0.0623. The fourth-order valence-corrected chi connectivity index (χ4v) is 4.49. The van der Waals surface area contributed by atoms with E-state index in [1.54, 1.807) is 18.2 Å². The predicted molar refractivity (Wildman–Crippen MR) is 147 cm³/mol. The molecule has 0 atom stereocenters. The number of benzene rings is 3. The summed E-state index contributed by atoms with van der Waals surface area (Å²) in [5.74, 6) is 0.673. The van der Waals surface area contributed by atoms with Crippen molar-refractivity contribution in [3.8, 4) is 11.5 Å². The van der Waals surface area contributed by atoms with Gasteiger partial charge in [-0.05, 0) is 59.5 Å². The molecule has 194 valence electrons. The maximum Gasteiger partial charge on any atom is 0.263 e. The lowest BCUT2D eigenvalue weighted by Crippen LogP contribution is -2.48. The van der Waals surface area contributed by atoms with Crippen molar-refractivity contribution in [1.29, 1.82) is 0 Å². The monoisotopic (exact) mass is 501 g/mol. The van der Waals surface area contributed by atoms with E-state index in [1.165, 1.54) is 19.8 Å². The zero-order valence-electron chi connectivity index (χ0n) is 22.2. The Morgan fingerprint density at radius 3 is 1.86 bits per heavy atom. The summed E-state index contributed by atoms with van der Waals surface area (Å²) >= 11 is 0. The van der Waals surface area contributed by atoms with Gasteiger partial charge in [0, 0.05) is 43.1 Å². The molecule has 3 aromatic carbocycles. The Labute approximate surface area is 219 Å². The molecule has 7 nitrogen and oxygen atoms in total. The molecule has 0 saturated carbocycles. The van der Waals surface area contributed by atoms with E-state index in [0.717, 1.165) is 24.3 Å². The number of hydrogen-bond donors (Lipinski definition) is 1. The molecule has 0 bridgehead atoms. The van der Waals surface area contributed by atoms with Gasteiger partial charge in [0.2, 0.25) is 0 Å². The Hall–Kier alpha value is -4.00. The van der Waals surface area contributed by atoms with E-state index in [4.69, 9.17) is 9.47 Å². The number of amides is 2. The molecule has 7 heteroatoms. The topological polar surface area (TPSA) is 71.1 Å². The van der Waals surface area contributed by atoms with Gasteiger partial charge in [-0.25, -0.2) is 0 Å². The number of carbonyl (C=O) groups is 2. The molecule has 2 amide bonds. The summed E-state index contributed by atoms with van der Waals surface area (Å²) in [5, 5.41) is 2.92. The molecular weight excluding hydrogens is 466 g/mol. The van der Waals surface area contributed by atoms with E-state index in [1.807, 2.05) is 53.4 Å². The van der Waals surface area contributed by atoms with Gasteiger partial charge >= 0.3 is 0 Å². The van der Waals surface area contributed by atoms with Crippen LogP contribution in [0, 0.1) is 0 Å². The number of piperazine rings is 1. The Morgan fingerprint density at radius 2 is 1.35 bits per heavy atom. The number of nitrogens with one attached hydrogen (secondary N) is 1. The molecule has 1 N–H and O–H groups in total. The van der Waals surface area contributed by atoms with Crippen LogP contribution in [0.4, 0.5) is 11.4 Å². The van der Waals surface area contributed by atoms with Crippen LogP contribution in [0.2, 0.25) is 0 Å². The minimum Gasteiger partial charge on any atom is -0.496 e. The quantitative estimate of drug-likeness (QED) is 0.502. The molecule has 3 aromatic rings. The summed E-state index contributed by atoms with van der Waals surface area (Å²) in [7, 11) is 3.05. The summed E-state index contributed by atoms with van der Waals surface area (Å²) in [6, 6.07) is 20.9. The van der Waals surface area contributed by atoms with E-state index >= 15 is 0 Å². The number of hydrogen-bond acceptors (Lipinski definition) is 5. The second-order valence-corrected chi connectivity index (χ2v) is 10.1. The molecule has 37 heavy (non-hydrogen) atoms. The third-order valence-electron chi connectivity index (χ3n) is 6.71. The Morgan fingerprint density at radius 1 is 0.784 bits per heavy atom. The van der Waals surface area contributed by atoms with Crippen LogP contribution in [0.15, 0.2) is 66.7 Å². The summed E-state index contributed by atoms with van der Waals surface area (Å²) in [6.07, 6.45) is 0. The fourth-order valence-electron chi connectivity index (χ4n) is 4.49. The maximum atomic E-state index is 13.0. The fraction of sp³-hybridized carbons (Fsp3) is 0.333. The largest absolute Gasteiger partial charge is 0.496 e. The van der Waals surface area contributed by atoms with Crippen LogP contribution in [-0.2, 0) is 5.41 Å². The van der Waals surface area contributed by atoms with Gasteiger partial charge in [0.25, 0.3) is 11.8 Å². The Bertz CT molecular complexity index is 1220. The van der Waals surface area contributed by atoms with E-state index in [-0.39, 0.29) is 17.2 Å². The van der Waals surface area contributed by atoms with Crippen LogP contribution in [0.5, 0.6) is 11.5 Å². The molecule has 1 saturated heterocycles. The zero-order chi connectivity index (χ0) is 26.6. The molecule has 0 radical (unpaired) electrons. The van der Waals surface area contributed by atoms with Crippen molar-refractivity contribution in [3.05, 3.63) is 83.4 Å². The van der Waals surface area contributed by atoms with Crippen LogP contribution in [0.1, 0.15) is 47.1 Å². The molecule has 0 unspecified atom stereocenters. The highest BCUT2D eigenvalue weighted by Gasteiger charge is 2.23. The van der Waals surface area contributed by atoms with Crippen LogP contribution in [0.25, 0.3) is 0 Å². The summed E-state index contributed by atoms with van der Waals surface area (Å²) in [6.45, 7) is 9.31. The summed E-state index contributed by atoms with van der Waals surface area (Å²) < 4.78 is 10.7. The van der Waals surface area contributed by atoms with Crippen LogP contribution in [-0.4, -0.2) is 57.1 Å². The number of anilines is 2. The number of nitrogens with zero attached hydrogens (tertiary/aromatic N) is 2. The molecule has 0 spiro atoms. The van der Waals surface area contributed by atoms with E-state index in [9.17, 15) is 9.59 Å². The molecule has 0 aliphatic carbocycles. The first-order valence-corrected chi connectivity index (χ1v) is 12.5. The minimum atomic E-state index is -0.301. The Balaban J connectivity index is 1.35. The number of methoxy groups -OCH3 is 2. The summed E-state index contributed by atoms with van der Waals surface area (Å²) in [4.78, 5) is 30.1. The van der Waals surface area contributed by atoms with Gasteiger partial charge in [-0.1, -0.05) is 39.0 Å². The average molecular weight is 502 g/mol. The van der Waals surface area contributed by atoms with Gasteiger partial charge in [0.1, 0.15) is 17.1 Å². The first-order chi connectivity index (χ1) is 17.7. The second-order valence-electron chi connectivity index (χ2n) is 10.1. The van der Waals surface area contributed by atoms with Crippen molar-refractivity contribution in [2.24, 2.45) is 0 Å². The van der Waals surface area contributed by atoms with E-state index in [0.29, 0.717) is 35.8 Å². The van der Waals surface area contributed by atoms with Gasteiger partial charge in [-0.15, -0.1) is 0 Å².